The highest BCUT2D eigenvalue weighted by Gasteiger charge is 2.21. The molecule has 0 saturated heterocycles. The summed E-state index contributed by atoms with van der Waals surface area (Å²) in [5, 5.41) is 10.5. The Bertz CT molecular complexity index is 1180. The van der Waals surface area contributed by atoms with Crippen LogP contribution in [0.25, 0.3) is 22.2 Å². The van der Waals surface area contributed by atoms with Crippen molar-refractivity contribution in [1.82, 2.24) is 4.57 Å². The molecule has 5 heteroatoms. The summed E-state index contributed by atoms with van der Waals surface area (Å²) >= 11 is 0. The second-order valence-corrected chi connectivity index (χ2v) is 7.08. The van der Waals surface area contributed by atoms with Gasteiger partial charge in [0.15, 0.2) is 0 Å². The molecule has 4 rings (SSSR count). The molecule has 0 unspecified atom stereocenters. The third-order valence-corrected chi connectivity index (χ3v) is 5.25. The number of fused-ring (bicyclic) bond motifs is 1. The van der Waals surface area contributed by atoms with E-state index in [0.717, 1.165) is 39.0 Å². The van der Waals surface area contributed by atoms with Crippen LogP contribution in [-0.2, 0) is 17.8 Å². The molecule has 0 fully saturated rings. The van der Waals surface area contributed by atoms with Gasteiger partial charge in [-0.2, -0.15) is 0 Å². The molecule has 0 bridgehead atoms. The first-order valence-corrected chi connectivity index (χ1v) is 9.70. The van der Waals surface area contributed by atoms with E-state index in [1.165, 1.54) is 0 Å². The topological polar surface area (TPSA) is 60.7 Å². The van der Waals surface area contributed by atoms with E-state index in [4.69, 9.17) is 9.47 Å². The lowest BCUT2D eigenvalue weighted by Gasteiger charge is -2.13. The van der Waals surface area contributed by atoms with E-state index in [0.29, 0.717) is 12.3 Å². The Hall–Kier alpha value is -3.73. The molecule has 0 aliphatic heterocycles. The number of aromatic nitrogens is 1. The molecule has 0 radical (unpaired) electrons. The van der Waals surface area contributed by atoms with E-state index in [1.807, 2.05) is 60.7 Å². The first-order valence-electron chi connectivity index (χ1n) is 9.70. The third-order valence-electron chi connectivity index (χ3n) is 5.25. The second-order valence-electron chi connectivity index (χ2n) is 7.08. The SMILES string of the molecule is COc1ccc(-c2c(CC(=O)O)c3cc(OC)ccc3n2Cc2ccccc2)cc1. The number of carbonyl (C=O) groups is 1. The molecular formula is C25H23NO4. The molecule has 3 aromatic carbocycles. The molecular weight excluding hydrogens is 378 g/mol. The van der Waals surface area contributed by atoms with Crippen molar-refractivity contribution in [3.63, 3.8) is 0 Å². The van der Waals surface area contributed by atoms with Crippen LogP contribution in [0.1, 0.15) is 11.1 Å². The molecule has 0 aliphatic carbocycles. The van der Waals surface area contributed by atoms with E-state index in [1.54, 1.807) is 14.2 Å². The van der Waals surface area contributed by atoms with Crippen molar-refractivity contribution in [3.8, 4) is 22.8 Å². The van der Waals surface area contributed by atoms with Crippen molar-refractivity contribution in [3.05, 3.63) is 83.9 Å². The van der Waals surface area contributed by atoms with Crippen LogP contribution in [0, 0.1) is 0 Å². The lowest BCUT2D eigenvalue weighted by Crippen LogP contribution is -2.05. The molecule has 1 N–H and O–H groups in total. The second kappa shape index (κ2) is 8.33. The van der Waals surface area contributed by atoms with Crippen LogP contribution in [0.3, 0.4) is 0 Å². The van der Waals surface area contributed by atoms with Gasteiger partial charge < -0.3 is 19.1 Å². The Labute approximate surface area is 175 Å². The van der Waals surface area contributed by atoms with Gasteiger partial charge in [-0.05, 0) is 59.2 Å². The van der Waals surface area contributed by atoms with Crippen LogP contribution in [0.2, 0.25) is 0 Å². The van der Waals surface area contributed by atoms with Crippen molar-refractivity contribution < 1.29 is 19.4 Å². The van der Waals surface area contributed by atoms with Crippen LogP contribution in [0.4, 0.5) is 0 Å². The van der Waals surface area contributed by atoms with Gasteiger partial charge in [-0.15, -0.1) is 0 Å². The largest absolute Gasteiger partial charge is 0.497 e. The number of hydrogen-bond donors (Lipinski definition) is 1. The number of ether oxygens (including phenoxy) is 2. The fourth-order valence-corrected chi connectivity index (χ4v) is 3.87. The van der Waals surface area contributed by atoms with Crippen molar-refractivity contribution >= 4 is 16.9 Å². The number of nitrogens with zero attached hydrogens (tertiary/aromatic N) is 1. The van der Waals surface area contributed by atoms with E-state index in [-0.39, 0.29) is 6.42 Å². The predicted octanol–water partition coefficient (Wildman–Crippen LogP) is 5.00. The van der Waals surface area contributed by atoms with Crippen LogP contribution >= 0.6 is 0 Å². The zero-order valence-electron chi connectivity index (χ0n) is 17.0. The summed E-state index contributed by atoms with van der Waals surface area (Å²) < 4.78 is 12.9. The molecule has 1 heterocycles. The molecule has 5 nitrogen and oxygen atoms in total. The molecule has 0 amide bonds. The molecule has 1 aromatic heterocycles. The Morgan fingerprint density at radius 3 is 2.20 bits per heavy atom. The average Bonchev–Trinajstić information content (AvgIpc) is 3.06. The summed E-state index contributed by atoms with van der Waals surface area (Å²) in [4.78, 5) is 11.8. The zero-order valence-corrected chi connectivity index (χ0v) is 17.0. The fraction of sp³-hybridized carbons (Fsp3) is 0.160. The number of aliphatic carboxylic acids is 1. The van der Waals surface area contributed by atoms with Gasteiger partial charge in [0.2, 0.25) is 0 Å². The highest BCUT2D eigenvalue weighted by atomic mass is 16.5. The molecule has 0 saturated carbocycles. The van der Waals surface area contributed by atoms with Crippen molar-refractivity contribution in [2.75, 3.05) is 14.2 Å². The smallest absolute Gasteiger partial charge is 0.307 e. The molecule has 0 spiro atoms. The van der Waals surface area contributed by atoms with Gasteiger partial charge in [0.1, 0.15) is 11.5 Å². The summed E-state index contributed by atoms with van der Waals surface area (Å²) in [6.07, 6.45) is -0.0766. The summed E-state index contributed by atoms with van der Waals surface area (Å²) in [6, 6.07) is 23.7. The van der Waals surface area contributed by atoms with Gasteiger partial charge in [0, 0.05) is 17.4 Å². The van der Waals surface area contributed by atoms with Gasteiger partial charge >= 0.3 is 5.97 Å². The zero-order chi connectivity index (χ0) is 21.1. The summed E-state index contributed by atoms with van der Waals surface area (Å²) in [7, 11) is 3.24. The summed E-state index contributed by atoms with van der Waals surface area (Å²) in [5.74, 6) is 0.588. The maximum atomic E-state index is 11.8. The van der Waals surface area contributed by atoms with Crippen molar-refractivity contribution in [2.45, 2.75) is 13.0 Å². The van der Waals surface area contributed by atoms with Crippen molar-refractivity contribution in [1.29, 1.82) is 0 Å². The van der Waals surface area contributed by atoms with E-state index < -0.39 is 5.97 Å². The Morgan fingerprint density at radius 2 is 1.57 bits per heavy atom. The summed E-state index contributed by atoms with van der Waals surface area (Å²) in [5.41, 5.74) is 4.73. The highest BCUT2D eigenvalue weighted by molar-refractivity contribution is 5.95. The number of hydrogen-bond acceptors (Lipinski definition) is 3. The molecule has 4 aromatic rings. The lowest BCUT2D eigenvalue weighted by atomic mass is 10.0. The molecule has 30 heavy (non-hydrogen) atoms. The molecule has 0 atom stereocenters. The quantitative estimate of drug-likeness (QED) is 0.473. The van der Waals surface area contributed by atoms with Crippen LogP contribution < -0.4 is 9.47 Å². The minimum absolute atomic E-state index is 0.0766. The number of benzene rings is 3. The lowest BCUT2D eigenvalue weighted by molar-refractivity contribution is -0.136. The highest BCUT2D eigenvalue weighted by Crippen LogP contribution is 2.37. The van der Waals surface area contributed by atoms with Crippen molar-refractivity contribution in [2.24, 2.45) is 0 Å². The Balaban J connectivity index is 2.00. The minimum Gasteiger partial charge on any atom is -0.497 e. The maximum absolute atomic E-state index is 11.8. The first kappa shape index (κ1) is 19.6. The van der Waals surface area contributed by atoms with E-state index >= 15 is 0 Å². The summed E-state index contributed by atoms with van der Waals surface area (Å²) in [6.45, 7) is 0.630. The number of rotatable bonds is 7. The van der Waals surface area contributed by atoms with Gasteiger partial charge in [-0.3, -0.25) is 4.79 Å². The predicted molar refractivity (Wildman–Crippen MR) is 117 cm³/mol. The van der Waals surface area contributed by atoms with E-state index in [2.05, 4.69) is 16.7 Å². The van der Waals surface area contributed by atoms with Gasteiger partial charge in [0.25, 0.3) is 0 Å². The van der Waals surface area contributed by atoms with Crippen LogP contribution in [0.5, 0.6) is 11.5 Å². The minimum atomic E-state index is -0.869. The average molecular weight is 401 g/mol. The normalized spacial score (nSPS) is 10.9. The number of methoxy groups -OCH3 is 2. The van der Waals surface area contributed by atoms with Crippen LogP contribution in [0.15, 0.2) is 72.8 Å². The fourth-order valence-electron chi connectivity index (χ4n) is 3.87. The Morgan fingerprint density at radius 1 is 0.900 bits per heavy atom. The van der Waals surface area contributed by atoms with Gasteiger partial charge in [-0.1, -0.05) is 30.3 Å². The monoisotopic (exact) mass is 401 g/mol. The Kier molecular flexibility index (Phi) is 5.44. The number of carboxylic acid groups (broad SMARTS) is 1. The maximum Gasteiger partial charge on any atom is 0.307 e. The number of carboxylic acids is 1. The van der Waals surface area contributed by atoms with E-state index in [9.17, 15) is 9.90 Å². The van der Waals surface area contributed by atoms with Gasteiger partial charge in [0.05, 0.1) is 26.3 Å². The van der Waals surface area contributed by atoms with Gasteiger partial charge in [-0.25, -0.2) is 0 Å². The molecule has 0 aliphatic rings. The molecule has 152 valence electrons. The first-order chi connectivity index (χ1) is 14.6. The third kappa shape index (κ3) is 3.74. The standard InChI is InChI=1S/C25H23NO4/c1-29-19-10-8-18(9-11-19)25-22(15-24(27)28)21-14-20(30-2)12-13-23(21)26(25)16-17-6-4-3-5-7-17/h3-14H,15-16H2,1-2H3,(H,27,28). The van der Waals surface area contributed by atoms with Crippen LogP contribution in [-0.4, -0.2) is 29.9 Å².